The second kappa shape index (κ2) is 6.84. The van der Waals surface area contributed by atoms with Gasteiger partial charge in [-0.1, -0.05) is 11.6 Å². The Morgan fingerprint density at radius 3 is 2.41 bits per heavy atom. The molecule has 0 fully saturated rings. The summed E-state index contributed by atoms with van der Waals surface area (Å²) in [5.41, 5.74) is 3.11. The Bertz CT molecular complexity index is 714. The first-order chi connectivity index (χ1) is 10.5. The summed E-state index contributed by atoms with van der Waals surface area (Å²) in [5, 5.41) is 22.5. The van der Waals surface area contributed by atoms with Crippen LogP contribution in [-0.4, -0.2) is 16.1 Å². The summed E-state index contributed by atoms with van der Waals surface area (Å²) in [4.78, 5) is 11.8. The van der Waals surface area contributed by atoms with Gasteiger partial charge < -0.3 is 15.5 Å². The van der Waals surface area contributed by atoms with E-state index >= 15 is 0 Å². The van der Waals surface area contributed by atoms with Crippen molar-refractivity contribution in [1.82, 2.24) is 5.43 Å². The van der Waals surface area contributed by atoms with Gasteiger partial charge in [-0.05, 0) is 42.5 Å². The fourth-order valence-electron chi connectivity index (χ4n) is 1.73. The molecular formula is C15H14ClN3O3. The van der Waals surface area contributed by atoms with E-state index in [1.165, 1.54) is 24.3 Å². The molecule has 1 amide bonds. The molecule has 114 valence electrons. The number of hydrogen-bond acceptors (Lipinski definition) is 5. The van der Waals surface area contributed by atoms with Gasteiger partial charge in [0.15, 0.2) is 0 Å². The van der Waals surface area contributed by atoms with Crippen LogP contribution in [0.1, 0.15) is 5.56 Å². The molecule has 2 aromatic carbocycles. The first-order valence-corrected chi connectivity index (χ1v) is 6.64. The Labute approximate surface area is 131 Å². The van der Waals surface area contributed by atoms with E-state index in [4.69, 9.17) is 17.4 Å². The first kappa shape index (κ1) is 15.7. The number of phenolic OH excluding ortho intramolecular Hbond substituents is 2. The zero-order chi connectivity index (χ0) is 16.1. The van der Waals surface area contributed by atoms with E-state index in [0.717, 1.165) is 0 Å². The van der Waals surface area contributed by atoms with Crippen LogP contribution in [0.5, 0.6) is 11.5 Å². The highest BCUT2D eigenvalue weighted by atomic mass is 35.5. The summed E-state index contributed by atoms with van der Waals surface area (Å²) in [6.07, 6.45) is 1.41. The molecule has 0 spiro atoms. The van der Waals surface area contributed by atoms with Crippen LogP contribution in [0.25, 0.3) is 6.08 Å². The number of nitrogens with two attached hydrogens (primary N) is 1. The summed E-state index contributed by atoms with van der Waals surface area (Å²) >= 11 is 5.80. The molecule has 0 aromatic heterocycles. The van der Waals surface area contributed by atoms with E-state index in [0.29, 0.717) is 16.3 Å². The lowest BCUT2D eigenvalue weighted by atomic mass is 10.1. The maximum absolute atomic E-state index is 11.8. The number of carbonyl (C=O) groups excluding carboxylic acids is 1. The normalized spacial score (nSPS) is 11.1. The molecule has 0 atom stereocenters. The molecule has 0 saturated carbocycles. The van der Waals surface area contributed by atoms with E-state index in [2.05, 4.69) is 5.32 Å². The third-order valence-electron chi connectivity index (χ3n) is 2.81. The third kappa shape index (κ3) is 3.91. The fraction of sp³-hybridized carbons (Fsp3) is 0. The highest BCUT2D eigenvalue weighted by Crippen LogP contribution is 2.25. The van der Waals surface area contributed by atoms with Crippen LogP contribution >= 0.6 is 11.6 Å². The number of carbonyl (C=O) groups is 1. The number of halogens is 1. The van der Waals surface area contributed by atoms with Crippen molar-refractivity contribution in [1.29, 1.82) is 0 Å². The van der Waals surface area contributed by atoms with E-state index in [-0.39, 0.29) is 17.2 Å². The Balaban J connectivity index is 2.35. The largest absolute Gasteiger partial charge is 0.508 e. The Kier molecular flexibility index (Phi) is 4.88. The van der Waals surface area contributed by atoms with Gasteiger partial charge in [0.2, 0.25) is 0 Å². The van der Waals surface area contributed by atoms with Crippen molar-refractivity contribution < 1.29 is 15.0 Å². The molecule has 6 nitrogen and oxygen atoms in total. The molecule has 6 N–H and O–H groups in total. The predicted molar refractivity (Wildman–Crippen MR) is 85.2 cm³/mol. The van der Waals surface area contributed by atoms with Gasteiger partial charge in [0, 0.05) is 22.3 Å². The molecule has 0 aliphatic carbocycles. The van der Waals surface area contributed by atoms with Crippen molar-refractivity contribution in [2.45, 2.75) is 0 Å². The van der Waals surface area contributed by atoms with E-state index in [1.54, 1.807) is 24.3 Å². The number of hydrazine groups is 1. The predicted octanol–water partition coefficient (Wildman–Crippen LogP) is 2.19. The molecule has 0 radical (unpaired) electrons. The number of hydrogen-bond donors (Lipinski definition) is 5. The zero-order valence-corrected chi connectivity index (χ0v) is 12.1. The SMILES string of the molecule is NNC(=O)/C(=C\c1ccc(O)cc1O)Nc1ccc(Cl)cc1. The van der Waals surface area contributed by atoms with Crippen LogP contribution in [0.4, 0.5) is 5.69 Å². The molecule has 7 heteroatoms. The maximum Gasteiger partial charge on any atom is 0.281 e. The van der Waals surface area contributed by atoms with Crippen molar-refractivity contribution in [3.8, 4) is 11.5 Å². The van der Waals surface area contributed by atoms with Gasteiger partial charge in [0.05, 0.1) is 0 Å². The van der Waals surface area contributed by atoms with Crippen LogP contribution in [0, 0.1) is 0 Å². The van der Waals surface area contributed by atoms with Crippen LogP contribution < -0.4 is 16.6 Å². The average Bonchev–Trinajstić information content (AvgIpc) is 2.50. The number of amides is 1. The minimum atomic E-state index is -0.567. The van der Waals surface area contributed by atoms with E-state index in [9.17, 15) is 15.0 Å². The Morgan fingerprint density at radius 2 is 1.82 bits per heavy atom. The highest BCUT2D eigenvalue weighted by molar-refractivity contribution is 6.30. The number of nitrogens with one attached hydrogen (secondary N) is 2. The maximum atomic E-state index is 11.8. The Hall–Kier alpha value is -2.70. The smallest absolute Gasteiger partial charge is 0.281 e. The van der Waals surface area contributed by atoms with Crippen molar-refractivity contribution >= 4 is 29.3 Å². The lowest BCUT2D eigenvalue weighted by Crippen LogP contribution is -2.33. The molecule has 0 aliphatic rings. The molecule has 0 unspecified atom stereocenters. The van der Waals surface area contributed by atoms with Gasteiger partial charge >= 0.3 is 0 Å². The monoisotopic (exact) mass is 319 g/mol. The quantitative estimate of drug-likeness (QED) is 0.257. The second-order valence-electron chi connectivity index (χ2n) is 4.41. The van der Waals surface area contributed by atoms with Crippen LogP contribution in [0.2, 0.25) is 5.02 Å². The number of aromatic hydroxyl groups is 2. The average molecular weight is 320 g/mol. The van der Waals surface area contributed by atoms with Gasteiger partial charge in [-0.15, -0.1) is 0 Å². The lowest BCUT2D eigenvalue weighted by Gasteiger charge is -2.10. The van der Waals surface area contributed by atoms with Gasteiger partial charge in [-0.2, -0.15) is 0 Å². The third-order valence-corrected chi connectivity index (χ3v) is 3.06. The van der Waals surface area contributed by atoms with E-state index in [1.807, 2.05) is 5.43 Å². The van der Waals surface area contributed by atoms with Crippen LogP contribution in [0.15, 0.2) is 48.2 Å². The lowest BCUT2D eigenvalue weighted by molar-refractivity contribution is -0.117. The van der Waals surface area contributed by atoms with E-state index < -0.39 is 5.91 Å². The van der Waals surface area contributed by atoms with Gasteiger partial charge in [0.25, 0.3) is 5.91 Å². The standard InChI is InChI=1S/C15H14ClN3O3/c16-10-2-4-11(5-3-10)18-13(15(22)19-17)7-9-1-6-12(20)8-14(9)21/h1-8,18,20-21H,17H2,(H,19,22)/b13-7+. The summed E-state index contributed by atoms with van der Waals surface area (Å²) in [7, 11) is 0. The van der Waals surface area contributed by atoms with Crippen LogP contribution in [-0.2, 0) is 4.79 Å². The van der Waals surface area contributed by atoms with Gasteiger partial charge in [-0.25, -0.2) is 5.84 Å². The number of anilines is 1. The van der Waals surface area contributed by atoms with Crippen molar-refractivity contribution in [3.05, 3.63) is 58.7 Å². The summed E-state index contributed by atoms with van der Waals surface area (Å²) in [5.74, 6) is 4.35. The summed E-state index contributed by atoms with van der Waals surface area (Å²) in [6, 6.07) is 10.8. The topological polar surface area (TPSA) is 108 Å². The fourth-order valence-corrected chi connectivity index (χ4v) is 1.86. The summed E-state index contributed by atoms with van der Waals surface area (Å²) < 4.78 is 0. The minimum absolute atomic E-state index is 0.0786. The molecule has 0 bridgehead atoms. The molecule has 2 aromatic rings. The van der Waals surface area contributed by atoms with Crippen LogP contribution in [0.3, 0.4) is 0 Å². The summed E-state index contributed by atoms with van der Waals surface area (Å²) in [6.45, 7) is 0. The molecule has 22 heavy (non-hydrogen) atoms. The highest BCUT2D eigenvalue weighted by Gasteiger charge is 2.10. The van der Waals surface area contributed by atoms with Gasteiger partial charge in [-0.3, -0.25) is 10.2 Å². The zero-order valence-electron chi connectivity index (χ0n) is 11.4. The molecule has 0 heterocycles. The molecule has 2 rings (SSSR count). The minimum Gasteiger partial charge on any atom is -0.508 e. The first-order valence-electron chi connectivity index (χ1n) is 6.27. The Morgan fingerprint density at radius 1 is 1.14 bits per heavy atom. The van der Waals surface area contributed by atoms with Crippen molar-refractivity contribution in [2.24, 2.45) is 5.84 Å². The van der Waals surface area contributed by atoms with Crippen molar-refractivity contribution in [2.75, 3.05) is 5.32 Å². The number of benzene rings is 2. The second-order valence-corrected chi connectivity index (χ2v) is 4.84. The van der Waals surface area contributed by atoms with Gasteiger partial charge in [0.1, 0.15) is 17.2 Å². The molecule has 0 aliphatic heterocycles. The molecule has 0 saturated heterocycles. The number of rotatable bonds is 4. The van der Waals surface area contributed by atoms with Crippen molar-refractivity contribution in [3.63, 3.8) is 0 Å². The molecular weight excluding hydrogens is 306 g/mol. The number of phenols is 2.